The van der Waals surface area contributed by atoms with Crippen molar-refractivity contribution in [2.45, 2.75) is 12.8 Å². The van der Waals surface area contributed by atoms with Gasteiger partial charge in [0, 0.05) is 26.2 Å². The number of halogens is 1. The molecular weight excluding hydrogens is 228 g/mol. The van der Waals surface area contributed by atoms with Gasteiger partial charge in [0.1, 0.15) is 6.61 Å². The highest BCUT2D eigenvalue weighted by molar-refractivity contribution is 5.85. The van der Waals surface area contributed by atoms with Crippen LogP contribution in [0.25, 0.3) is 0 Å². The zero-order chi connectivity index (χ0) is 10.7. The predicted molar refractivity (Wildman–Crippen MR) is 64.9 cm³/mol. The molecule has 1 spiro atoms. The first-order valence-electron chi connectivity index (χ1n) is 5.49. The molecule has 0 atom stereocenters. The molecule has 2 fully saturated rings. The van der Waals surface area contributed by atoms with Gasteiger partial charge in [-0.2, -0.15) is 0 Å². The molecule has 0 radical (unpaired) electrons. The SMILES string of the molecule is C=CCOC(=O)N1CCC2(CC1)CNC2.Cl. The predicted octanol–water partition coefficient (Wildman–Crippen LogP) is 1.42. The second kappa shape index (κ2) is 5.55. The van der Waals surface area contributed by atoms with E-state index < -0.39 is 0 Å². The molecule has 2 aliphatic heterocycles. The third-order valence-electron chi connectivity index (χ3n) is 3.41. The fourth-order valence-electron chi connectivity index (χ4n) is 2.22. The highest BCUT2D eigenvalue weighted by atomic mass is 35.5. The van der Waals surface area contributed by atoms with Crippen molar-refractivity contribution in [1.82, 2.24) is 10.2 Å². The Morgan fingerprint density at radius 1 is 1.44 bits per heavy atom. The molecule has 2 rings (SSSR count). The van der Waals surface area contributed by atoms with Crippen LogP contribution in [0.3, 0.4) is 0 Å². The van der Waals surface area contributed by atoms with E-state index in [4.69, 9.17) is 4.74 Å². The number of ether oxygens (including phenoxy) is 1. The second-order valence-electron chi connectivity index (χ2n) is 4.46. The first-order chi connectivity index (χ1) is 7.26. The first-order valence-corrected chi connectivity index (χ1v) is 5.49. The van der Waals surface area contributed by atoms with Crippen molar-refractivity contribution in [3.63, 3.8) is 0 Å². The lowest BCUT2D eigenvalue weighted by molar-refractivity contribution is 0.0443. The van der Waals surface area contributed by atoms with Crippen LogP contribution in [-0.2, 0) is 4.74 Å². The maximum absolute atomic E-state index is 11.5. The van der Waals surface area contributed by atoms with E-state index in [1.807, 2.05) is 0 Å². The molecule has 5 heteroatoms. The largest absolute Gasteiger partial charge is 0.445 e. The van der Waals surface area contributed by atoms with E-state index in [1.165, 1.54) is 0 Å². The van der Waals surface area contributed by atoms with Gasteiger partial charge < -0.3 is 15.0 Å². The van der Waals surface area contributed by atoms with Crippen molar-refractivity contribution < 1.29 is 9.53 Å². The van der Waals surface area contributed by atoms with Gasteiger partial charge in [-0.25, -0.2) is 4.79 Å². The molecule has 0 aromatic heterocycles. The lowest BCUT2D eigenvalue weighted by Crippen LogP contribution is -2.58. The number of nitrogens with one attached hydrogen (secondary N) is 1. The molecule has 1 amide bonds. The van der Waals surface area contributed by atoms with Crippen molar-refractivity contribution in [1.29, 1.82) is 0 Å². The van der Waals surface area contributed by atoms with Gasteiger partial charge in [0.05, 0.1) is 0 Å². The number of hydrogen-bond donors (Lipinski definition) is 1. The smallest absolute Gasteiger partial charge is 0.410 e. The van der Waals surface area contributed by atoms with Crippen LogP contribution in [0.5, 0.6) is 0 Å². The summed E-state index contributed by atoms with van der Waals surface area (Å²) in [5.41, 5.74) is 0.481. The summed E-state index contributed by atoms with van der Waals surface area (Å²) < 4.78 is 5.00. The van der Waals surface area contributed by atoms with Crippen LogP contribution in [0.4, 0.5) is 4.79 Å². The summed E-state index contributed by atoms with van der Waals surface area (Å²) >= 11 is 0. The molecule has 2 aliphatic rings. The number of rotatable bonds is 2. The monoisotopic (exact) mass is 246 g/mol. The zero-order valence-corrected chi connectivity index (χ0v) is 10.2. The fraction of sp³-hybridized carbons (Fsp3) is 0.727. The third kappa shape index (κ3) is 2.68. The van der Waals surface area contributed by atoms with E-state index in [9.17, 15) is 4.79 Å². The van der Waals surface area contributed by atoms with Crippen LogP contribution < -0.4 is 5.32 Å². The summed E-state index contributed by atoms with van der Waals surface area (Å²) in [5, 5.41) is 3.30. The highest BCUT2D eigenvalue weighted by Crippen LogP contribution is 2.34. The molecule has 0 saturated carbocycles. The number of piperidine rings is 1. The Kier molecular flexibility index (Phi) is 4.62. The topological polar surface area (TPSA) is 41.6 Å². The lowest BCUT2D eigenvalue weighted by atomic mass is 9.73. The van der Waals surface area contributed by atoms with Crippen LogP contribution in [0.15, 0.2) is 12.7 Å². The van der Waals surface area contributed by atoms with Gasteiger partial charge in [0.15, 0.2) is 0 Å². The number of carbonyl (C=O) groups is 1. The molecule has 1 N–H and O–H groups in total. The molecule has 92 valence electrons. The summed E-state index contributed by atoms with van der Waals surface area (Å²) in [6, 6.07) is 0. The summed E-state index contributed by atoms with van der Waals surface area (Å²) in [7, 11) is 0. The average Bonchev–Trinajstić information content (AvgIpc) is 2.24. The van der Waals surface area contributed by atoms with Crippen molar-refractivity contribution in [3.05, 3.63) is 12.7 Å². The molecule has 2 heterocycles. The quantitative estimate of drug-likeness (QED) is 0.750. The normalized spacial score (nSPS) is 21.9. The van der Waals surface area contributed by atoms with E-state index in [0.29, 0.717) is 12.0 Å². The van der Waals surface area contributed by atoms with E-state index in [-0.39, 0.29) is 18.5 Å². The van der Waals surface area contributed by atoms with Crippen LogP contribution >= 0.6 is 12.4 Å². The Bertz CT molecular complexity index is 257. The molecule has 2 saturated heterocycles. The van der Waals surface area contributed by atoms with E-state index in [1.54, 1.807) is 11.0 Å². The number of likely N-dealkylation sites (tertiary alicyclic amines) is 1. The maximum Gasteiger partial charge on any atom is 0.410 e. The van der Waals surface area contributed by atoms with Gasteiger partial charge in [-0.1, -0.05) is 12.7 Å². The summed E-state index contributed by atoms with van der Waals surface area (Å²) in [5.74, 6) is 0. The Hall–Kier alpha value is -0.740. The van der Waals surface area contributed by atoms with Crippen LogP contribution in [-0.4, -0.2) is 43.8 Å². The highest BCUT2D eigenvalue weighted by Gasteiger charge is 2.40. The van der Waals surface area contributed by atoms with Gasteiger partial charge in [-0.15, -0.1) is 12.4 Å². The van der Waals surface area contributed by atoms with E-state index in [0.717, 1.165) is 39.0 Å². The Labute approximate surface area is 102 Å². The number of carbonyl (C=O) groups excluding carboxylic acids is 1. The maximum atomic E-state index is 11.5. The lowest BCUT2D eigenvalue weighted by Gasteiger charge is -2.48. The molecule has 0 aliphatic carbocycles. The van der Waals surface area contributed by atoms with Crippen LogP contribution in [0.2, 0.25) is 0 Å². The Morgan fingerprint density at radius 3 is 2.50 bits per heavy atom. The molecule has 16 heavy (non-hydrogen) atoms. The van der Waals surface area contributed by atoms with E-state index in [2.05, 4.69) is 11.9 Å². The van der Waals surface area contributed by atoms with Crippen molar-refractivity contribution in [2.75, 3.05) is 32.8 Å². The fourth-order valence-corrected chi connectivity index (χ4v) is 2.22. The number of amides is 1. The van der Waals surface area contributed by atoms with Gasteiger partial charge >= 0.3 is 6.09 Å². The van der Waals surface area contributed by atoms with Gasteiger partial charge in [0.25, 0.3) is 0 Å². The number of hydrogen-bond acceptors (Lipinski definition) is 3. The Morgan fingerprint density at radius 2 is 2.06 bits per heavy atom. The molecule has 4 nitrogen and oxygen atoms in total. The van der Waals surface area contributed by atoms with Crippen molar-refractivity contribution >= 4 is 18.5 Å². The van der Waals surface area contributed by atoms with Gasteiger partial charge in [-0.05, 0) is 18.3 Å². The molecule has 0 aromatic rings. The first kappa shape index (κ1) is 13.3. The minimum atomic E-state index is -0.197. The van der Waals surface area contributed by atoms with Gasteiger partial charge in [-0.3, -0.25) is 0 Å². The minimum Gasteiger partial charge on any atom is -0.445 e. The molecule has 0 bridgehead atoms. The van der Waals surface area contributed by atoms with E-state index >= 15 is 0 Å². The third-order valence-corrected chi connectivity index (χ3v) is 3.41. The molecule has 0 aromatic carbocycles. The average molecular weight is 247 g/mol. The standard InChI is InChI=1S/C11H18N2O2.ClH/c1-2-7-15-10(14)13-5-3-11(4-6-13)8-12-9-11;/h2,12H,1,3-9H2;1H. The second-order valence-corrected chi connectivity index (χ2v) is 4.46. The number of nitrogens with zero attached hydrogens (tertiary/aromatic N) is 1. The van der Waals surface area contributed by atoms with Crippen LogP contribution in [0.1, 0.15) is 12.8 Å². The summed E-state index contributed by atoms with van der Waals surface area (Å²) in [6.45, 7) is 7.72. The van der Waals surface area contributed by atoms with Gasteiger partial charge in [0.2, 0.25) is 0 Å². The molecular formula is C11H19ClN2O2. The molecule has 0 unspecified atom stereocenters. The van der Waals surface area contributed by atoms with Crippen LogP contribution in [0, 0.1) is 5.41 Å². The summed E-state index contributed by atoms with van der Waals surface area (Å²) in [4.78, 5) is 13.3. The Balaban J connectivity index is 0.00000128. The minimum absolute atomic E-state index is 0. The summed E-state index contributed by atoms with van der Waals surface area (Å²) in [6.07, 6.45) is 3.60. The van der Waals surface area contributed by atoms with Crippen molar-refractivity contribution in [3.8, 4) is 0 Å². The zero-order valence-electron chi connectivity index (χ0n) is 9.41. The van der Waals surface area contributed by atoms with Crippen molar-refractivity contribution in [2.24, 2.45) is 5.41 Å².